The zero-order valence-electron chi connectivity index (χ0n) is 32.8. The molecular weight excluding hydrogens is 844 g/mol. The van der Waals surface area contributed by atoms with Crippen LogP contribution in [0.1, 0.15) is 22.3 Å². The molecule has 5 aromatic carbocycles. The molecule has 0 unspecified atom stereocenters. The Balaban J connectivity index is 0.963. The lowest BCUT2D eigenvalue weighted by Crippen LogP contribution is -2.46. The highest BCUT2D eigenvalue weighted by Crippen LogP contribution is 2.32. The fourth-order valence-electron chi connectivity index (χ4n) is 7.34. The van der Waals surface area contributed by atoms with Crippen LogP contribution in [0.3, 0.4) is 0 Å². The van der Waals surface area contributed by atoms with Gasteiger partial charge in [0.05, 0.1) is 23.0 Å². The van der Waals surface area contributed by atoms with Crippen LogP contribution in [0.4, 0.5) is 17.1 Å². The van der Waals surface area contributed by atoms with Gasteiger partial charge in [-0.3, -0.25) is 24.7 Å². The van der Waals surface area contributed by atoms with E-state index in [1.54, 1.807) is 36.0 Å². The zero-order chi connectivity index (χ0) is 42.1. The highest BCUT2D eigenvalue weighted by molar-refractivity contribution is 7.99. The monoisotopic (exact) mass is 888 g/mol. The smallest absolute Gasteiger partial charge is 0.293 e. The molecule has 7 rings (SSSR count). The number of hydrogen-bond donors (Lipinski definition) is 2. The van der Waals surface area contributed by atoms with E-state index >= 15 is 0 Å². The number of ether oxygens (including phenoxy) is 1. The number of amides is 1. The number of thioether (sulfide) groups is 1. The molecule has 0 saturated carbocycles. The number of carbonyl (C=O) groups is 1. The van der Waals surface area contributed by atoms with Crippen LogP contribution in [-0.4, -0.2) is 99.9 Å². The maximum Gasteiger partial charge on any atom is 0.293 e. The molecule has 16 heteroatoms. The predicted molar refractivity (Wildman–Crippen MR) is 240 cm³/mol. The first-order chi connectivity index (χ1) is 29.0. The molecule has 2 aliphatic rings. The zero-order valence-corrected chi connectivity index (χ0v) is 36.0. The number of nitro benzene ring substituents is 1. The average Bonchev–Trinajstić information content (AvgIpc) is 3.25. The number of nitrogens with zero attached hydrogens (tertiary/aromatic N) is 4. The SMILES string of the molecule is O=C(NS(=O)(=O)c1ccc(N[C@H](CCN2CCOCC2)CSc2ccccc2)c([N+](=O)[O-])c1)c1ccc(N2CCN(Cc3cc(Cl)ccc3-c3cccc(Cl)c3)CC2)cc1. The molecule has 0 aromatic heterocycles. The van der Waals surface area contributed by atoms with Crippen molar-refractivity contribution in [2.24, 2.45) is 0 Å². The lowest BCUT2D eigenvalue weighted by molar-refractivity contribution is -0.384. The molecule has 2 fully saturated rings. The highest BCUT2D eigenvalue weighted by Gasteiger charge is 2.26. The van der Waals surface area contributed by atoms with Crippen molar-refractivity contribution in [1.29, 1.82) is 0 Å². The van der Waals surface area contributed by atoms with E-state index in [0.717, 1.165) is 85.7 Å². The number of nitrogens with one attached hydrogen (secondary N) is 2. The van der Waals surface area contributed by atoms with Gasteiger partial charge in [0.25, 0.3) is 21.6 Å². The van der Waals surface area contributed by atoms with Crippen molar-refractivity contribution >= 4 is 68.0 Å². The number of piperazine rings is 1. The number of rotatable bonds is 16. The van der Waals surface area contributed by atoms with E-state index in [1.165, 1.54) is 12.1 Å². The van der Waals surface area contributed by atoms with E-state index in [1.807, 2.05) is 72.8 Å². The maximum absolute atomic E-state index is 13.5. The van der Waals surface area contributed by atoms with Crippen LogP contribution in [0, 0.1) is 10.1 Å². The lowest BCUT2D eigenvalue weighted by Gasteiger charge is -2.36. The number of sulfonamides is 1. The number of morpholine rings is 1. The van der Waals surface area contributed by atoms with Gasteiger partial charge in [-0.2, -0.15) is 0 Å². The summed E-state index contributed by atoms with van der Waals surface area (Å²) in [5.74, 6) is -0.207. The molecule has 314 valence electrons. The van der Waals surface area contributed by atoms with Gasteiger partial charge in [-0.15, -0.1) is 11.8 Å². The van der Waals surface area contributed by atoms with Crippen molar-refractivity contribution in [2.45, 2.75) is 28.8 Å². The summed E-state index contributed by atoms with van der Waals surface area (Å²) >= 11 is 14.3. The van der Waals surface area contributed by atoms with Crippen molar-refractivity contribution in [3.63, 3.8) is 0 Å². The lowest BCUT2D eigenvalue weighted by atomic mass is 9.99. The summed E-state index contributed by atoms with van der Waals surface area (Å²) < 4.78 is 34.5. The first-order valence-electron chi connectivity index (χ1n) is 19.7. The summed E-state index contributed by atoms with van der Waals surface area (Å²) in [5, 5.41) is 17.0. The minimum Gasteiger partial charge on any atom is -0.379 e. The largest absolute Gasteiger partial charge is 0.379 e. The third kappa shape index (κ3) is 11.6. The Labute approximate surface area is 365 Å². The minimum absolute atomic E-state index is 0.141. The summed E-state index contributed by atoms with van der Waals surface area (Å²) in [6.07, 6.45) is 0.707. The van der Waals surface area contributed by atoms with Gasteiger partial charge in [0, 0.05) is 96.4 Å². The van der Waals surface area contributed by atoms with E-state index in [-0.39, 0.29) is 22.2 Å². The summed E-state index contributed by atoms with van der Waals surface area (Å²) in [6, 6.07) is 33.8. The summed E-state index contributed by atoms with van der Waals surface area (Å²) in [7, 11) is -4.45. The molecule has 60 heavy (non-hydrogen) atoms. The number of anilines is 2. The van der Waals surface area contributed by atoms with Gasteiger partial charge in [-0.05, 0) is 95.9 Å². The summed E-state index contributed by atoms with van der Waals surface area (Å²) in [6.45, 7) is 7.55. The second kappa shape index (κ2) is 20.3. The van der Waals surface area contributed by atoms with Gasteiger partial charge in [0.15, 0.2) is 0 Å². The van der Waals surface area contributed by atoms with Crippen LogP contribution in [0.5, 0.6) is 0 Å². The van der Waals surface area contributed by atoms with Crippen LogP contribution < -0.4 is 14.9 Å². The molecule has 2 saturated heterocycles. The molecule has 0 bridgehead atoms. The number of carbonyl (C=O) groups excluding carboxylic acids is 1. The van der Waals surface area contributed by atoms with Crippen LogP contribution in [0.2, 0.25) is 10.0 Å². The fourth-order valence-corrected chi connectivity index (χ4v) is 9.72. The van der Waals surface area contributed by atoms with E-state index in [2.05, 4.69) is 24.7 Å². The molecule has 1 atom stereocenters. The van der Waals surface area contributed by atoms with Crippen molar-refractivity contribution in [3.05, 3.63) is 147 Å². The fraction of sp³-hybridized carbons (Fsp3) is 0.295. The molecule has 2 N–H and O–H groups in total. The van der Waals surface area contributed by atoms with Gasteiger partial charge in [-0.25, -0.2) is 13.1 Å². The third-order valence-electron chi connectivity index (χ3n) is 10.6. The third-order valence-corrected chi connectivity index (χ3v) is 13.6. The van der Waals surface area contributed by atoms with Crippen LogP contribution in [-0.2, 0) is 21.3 Å². The number of nitro groups is 1. The summed E-state index contributed by atoms with van der Waals surface area (Å²) in [5.41, 5.74) is 4.08. The standard InChI is InChI=1S/C44H46Cl2N6O6S2/c45-35-6-4-5-33(27-35)41-15-11-36(46)28-34(41)30-50-19-21-51(22-20-50)38-12-9-32(10-13-38)44(53)48-60(56,57)40-14-16-42(43(29-40)52(54)55)47-37(17-18-49-23-25-58-26-24-49)31-59-39-7-2-1-3-8-39/h1-16,27-29,37,47H,17-26,30-31H2,(H,48,53)/t37-/m1/s1. The predicted octanol–water partition coefficient (Wildman–Crippen LogP) is 8.30. The number of benzene rings is 5. The molecule has 2 heterocycles. The van der Waals surface area contributed by atoms with Crippen LogP contribution >= 0.6 is 35.0 Å². The molecule has 0 radical (unpaired) electrons. The van der Waals surface area contributed by atoms with Gasteiger partial charge in [0.2, 0.25) is 0 Å². The summed E-state index contributed by atoms with van der Waals surface area (Å²) in [4.78, 5) is 32.5. The second-order valence-corrected chi connectivity index (χ2v) is 18.3. The Kier molecular flexibility index (Phi) is 14.7. The van der Waals surface area contributed by atoms with Crippen molar-refractivity contribution in [2.75, 3.05) is 75.0 Å². The number of halogens is 2. The average molecular weight is 890 g/mol. The molecule has 12 nitrogen and oxygen atoms in total. The van der Waals surface area contributed by atoms with Crippen molar-refractivity contribution < 1.29 is 22.9 Å². The topological polar surface area (TPSA) is 137 Å². The maximum atomic E-state index is 13.5. The number of hydrogen-bond acceptors (Lipinski definition) is 11. The van der Waals surface area contributed by atoms with E-state index in [4.69, 9.17) is 27.9 Å². The normalized spacial score (nSPS) is 15.7. The van der Waals surface area contributed by atoms with Crippen molar-refractivity contribution in [1.82, 2.24) is 14.5 Å². The molecular formula is C44H46Cl2N6O6S2. The Morgan fingerprint density at radius 3 is 2.27 bits per heavy atom. The molecule has 0 spiro atoms. The first-order valence-corrected chi connectivity index (χ1v) is 22.9. The molecule has 1 amide bonds. The molecule has 2 aliphatic heterocycles. The van der Waals surface area contributed by atoms with E-state index < -0.39 is 26.5 Å². The van der Waals surface area contributed by atoms with Gasteiger partial charge in [0.1, 0.15) is 5.69 Å². The van der Waals surface area contributed by atoms with E-state index in [0.29, 0.717) is 35.4 Å². The van der Waals surface area contributed by atoms with E-state index in [9.17, 15) is 23.3 Å². The van der Waals surface area contributed by atoms with Crippen LogP contribution in [0.25, 0.3) is 11.1 Å². The highest BCUT2D eigenvalue weighted by atomic mass is 35.5. The van der Waals surface area contributed by atoms with Crippen molar-refractivity contribution in [3.8, 4) is 11.1 Å². The van der Waals surface area contributed by atoms with Gasteiger partial charge < -0.3 is 15.0 Å². The minimum atomic E-state index is -4.45. The quantitative estimate of drug-likeness (QED) is 0.0563. The Morgan fingerprint density at radius 1 is 0.817 bits per heavy atom. The van der Waals surface area contributed by atoms with Crippen LogP contribution in [0.15, 0.2) is 125 Å². The first kappa shape index (κ1) is 43.4. The molecule has 0 aliphatic carbocycles. The Hall–Kier alpha value is -4.67. The Morgan fingerprint density at radius 2 is 1.55 bits per heavy atom. The molecule has 5 aromatic rings. The van der Waals surface area contributed by atoms with Gasteiger partial charge >= 0.3 is 0 Å². The second-order valence-electron chi connectivity index (χ2n) is 14.7. The Bertz CT molecular complexity index is 2380. The van der Waals surface area contributed by atoms with Gasteiger partial charge in [-0.1, -0.05) is 59.6 Å².